The van der Waals surface area contributed by atoms with Gasteiger partial charge in [-0.3, -0.25) is 4.79 Å². The molecular weight excluding hydrogens is 204 g/mol. The van der Waals surface area contributed by atoms with Crippen molar-refractivity contribution in [3.63, 3.8) is 0 Å². The predicted molar refractivity (Wildman–Crippen MR) is 53.3 cm³/mol. The lowest BCUT2D eigenvalue weighted by Crippen LogP contribution is -2.34. The predicted octanol–water partition coefficient (Wildman–Crippen LogP) is -0.404. The highest BCUT2D eigenvalue weighted by Gasteiger charge is 2.11. The van der Waals surface area contributed by atoms with Crippen molar-refractivity contribution < 1.29 is 13.2 Å². The van der Waals surface area contributed by atoms with Crippen molar-refractivity contribution in [3.05, 3.63) is 0 Å². The molecule has 0 unspecified atom stereocenters. The topological polar surface area (TPSA) is 75.3 Å². The zero-order chi connectivity index (χ0) is 10.4. The fraction of sp³-hybridized carbons (Fsp3) is 0.875. The molecule has 0 radical (unpaired) electrons. The van der Waals surface area contributed by atoms with Gasteiger partial charge in [0.1, 0.15) is 0 Å². The highest BCUT2D eigenvalue weighted by Crippen LogP contribution is 2.00. The molecule has 0 saturated carbocycles. The van der Waals surface area contributed by atoms with E-state index in [0.717, 1.165) is 19.3 Å². The molecule has 14 heavy (non-hydrogen) atoms. The van der Waals surface area contributed by atoms with E-state index >= 15 is 0 Å². The van der Waals surface area contributed by atoms with Gasteiger partial charge in [0.15, 0.2) is 0 Å². The van der Waals surface area contributed by atoms with Crippen molar-refractivity contribution in [2.45, 2.75) is 25.7 Å². The molecule has 0 spiro atoms. The second-order valence-corrected chi connectivity index (χ2v) is 5.30. The molecular formula is C8H16N2O3S. The highest BCUT2D eigenvalue weighted by atomic mass is 32.2. The van der Waals surface area contributed by atoms with Gasteiger partial charge in [0, 0.05) is 19.5 Å². The fourth-order valence-electron chi connectivity index (χ4n) is 1.30. The lowest BCUT2D eigenvalue weighted by Gasteiger charge is -2.05. The van der Waals surface area contributed by atoms with Crippen LogP contribution >= 0.6 is 0 Å². The molecule has 1 saturated heterocycles. The van der Waals surface area contributed by atoms with Gasteiger partial charge in [-0.25, -0.2) is 13.1 Å². The van der Waals surface area contributed by atoms with Crippen LogP contribution in [0.15, 0.2) is 0 Å². The van der Waals surface area contributed by atoms with Gasteiger partial charge in [-0.05, 0) is 12.8 Å². The Balaban J connectivity index is 2.48. The molecule has 0 bridgehead atoms. The van der Waals surface area contributed by atoms with Crippen LogP contribution in [0.4, 0.5) is 0 Å². The summed E-state index contributed by atoms with van der Waals surface area (Å²) in [5, 5.41) is 2.58. The minimum absolute atomic E-state index is 0.0290. The van der Waals surface area contributed by atoms with Crippen LogP contribution < -0.4 is 10.0 Å². The molecule has 2 N–H and O–H groups in total. The summed E-state index contributed by atoms with van der Waals surface area (Å²) < 4.78 is 25.0. The molecule has 0 aromatic heterocycles. The molecule has 1 rings (SSSR count). The van der Waals surface area contributed by atoms with Crippen LogP contribution in [-0.2, 0) is 14.8 Å². The van der Waals surface area contributed by atoms with Crippen molar-refractivity contribution in [1.29, 1.82) is 0 Å². The van der Waals surface area contributed by atoms with Gasteiger partial charge in [-0.1, -0.05) is 6.42 Å². The maximum Gasteiger partial charge on any atom is 0.220 e. The number of hydrogen-bond acceptors (Lipinski definition) is 3. The normalized spacial score (nSPS) is 24.7. The molecule has 0 aliphatic carbocycles. The maximum atomic E-state index is 11.2. The van der Waals surface area contributed by atoms with Crippen molar-refractivity contribution in [3.8, 4) is 0 Å². The number of carbonyl (C=O) groups is 1. The van der Waals surface area contributed by atoms with Crippen molar-refractivity contribution in [2.24, 2.45) is 0 Å². The van der Waals surface area contributed by atoms with Gasteiger partial charge in [0.25, 0.3) is 0 Å². The number of nitrogens with one attached hydrogen (secondary N) is 2. The van der Waals surface area contributed by atoms with E-state index in [0.29, 0.717) is 13.0 Å². The number of rotatable bonds is 0. The van der Waals surface area contributed by atoms with E-state index in [1.165, 1.54) is 0 Å². The zero-order valence-electron chi connectivity index (χ0n) is 8.08. The highest BCUT2D eigenvalue weighted by molar-refractivity contribution is 7.89. The third-order valence-corrected chi connectivity index (χ3v) is 3.48. The number of amides is 1. The average Bonchev–Trinajstić information content (AvgIpc) is 2.12. The Hall–Kier alpha value is -0.620. The number of carbonyl (C=O) groups excluding carboxylic acids is 1. The summed E-state index contributed by atoms with van der Waals surface area (Å²) in [6.07, 6.45) is 3.01. The van der Waals surface area contributed by atoms with E-state index in [1.54, 1.807) is 0 Å². The Labute approximate surface area is 84.3 Å². The average molecular weight is 220 g/mol. The Kier molecular flexibility index (Phi) is 4.34. The molecule has 0 atom stereocenters. The van der Waals surface area contributed by atoms with E-state index in [1.807, 2.05) is 0 Å². The van der Waals surface area contributed by atoms with E-state index in [9.17, 15) is 13.2 Å². The van der Waals surface area contributed by atoms with E-state index < -0.39 is 10.0 Å². The lowest BCUT2D eigenvalue weighted by molar-refractivity contribution is -0.121. The third kappa shape index (κ3) is 4.57. The van der Waals surface area contributed by atoms with Gasteiger partial charge in [-0.15, -0.1) is 0 Å². The lowest BCUT2D eigenvalue weighted by atomic mass is 10.2. The van der Waals surface area contributed by atoms with Crippen LogP contribution in [-0.4, -0.2) is 33.2 Å². The van der Waals surface area contributed by atoms with Crippen LogP contribution in [0.2, 0.25) is 0 Å². The minimum atomic E-state index is -3.19. The van der Waals surface area contributed by atoms with Crippen LogP contribution in [0.5, 0.6) is 0 Å². The quantitative estimate of drug-likeness (QED) is 0.583. The van der Waals surface area contributed by atoms with Gasteiger partial charge in [-0.2, -0.15) is 0 Å². The molecule has 6 heteroatoms. The summed E-state index contributed by atoms with van der Waals surface area (Å²) in [6, 6.07) is 0. The van der Waals surface area contributed by atoms with Gasteiger partial charge in [0.05, 0.1) is 5.75 Å². The molecule has 0 aromatic carbocycles. The molecule has 1 fully saturated rings. The van der Waals surface area contributed by atoms with E-state index in [4.69, 9.17) is 0 Å². The summed E-state index contributed by atoms with van der Waals surface area (Å²) in [6.45, 7) is 0.685. The van der Waals surface area contributed by atoms with Crippen molar-refractivity contribution in [2.75, 3.05) is 18.8 Å². The summed E-state index contributed by atoms with van der Waals surface area (Å²) >= 11 is 0. The summed E-state index contributed by atoms with van der Waals surface area (Å²) in [5.41, 5.74) is 0. The maximum absolute atomic E-state index is 11.2. The monoisotopic (exact) mass is 220 g/mol. The second-order valence-electron chi connectivity index (χ2n) is 3.37. The van der Waals surface area contributed by atoms with Crippen LogP contribution in [0.1, 0.15) is 25.7 Å². The van der Waals surface area contributed by atoms with Crippen LogP contribution in [0, 0.1) is 0 Å². The molecule has 1 amide bonds. The van der Waals surface area contributed by atoms with Gasteiger partial charge in [0.2, 0.25) is 15.9 Å². The Morgan fingerprint density at radius 3 is 2.64 bits per heavy atom. The Morgan fingerprint density at radius 1 is 1.07 bits per heavy atom. The summed E-state index contributed by atoms with van der Waals surface area (Å²) in [4.78, 5) is 11.1. The first kappa shape index (κ1) is 11.5. The summed E-state index contributed by atoms with van der Waals surface area (Å²) in [7, 11) is -3.19. The van der Waals surface area contributed by atoms with Gasteiger partial charge < -0.3 is 5.32 Å². The van der Waals surface area contributed by atoms with E-state index in [-0.39, 0.29) is 18.2 Å². The summed E-state index contributed by atoms with van der Waals surface area (Å²) in [5.74, 6) is -0.0826. The van der Waals surface area contributed by atoms with Crippen LogP contribution in [0.3, 0.4) is 0 Å². The largest absolute Gasteiger partial charge is 0.355 e. The van der Waals surface area contributed by atoms with Crippen molar-refractivity contribution >= 4 is 15.9 Å². The first-order valence-corrected chi connectivity index (χ1v) is 6.49. The Bertz CT molecular complexity index is 287. The molecule has 1 aliphatic rings. The molecule has 1 aliphatic heterocycles. The minimum Gasteiger partial charge on any atom is -0.355 e. The van der Waals surface area contributed by atoms with Crippen LogP contribution in [0.25, 0.3) is 0 Å². The standard InChI is InChI=1S/C8H16N2O3S/c11-8-4-2-1-3-5-10-14(12,13)7-6-9-8/h10H,1-7H2,(H,9,11). The first-order chi connectivity index (χ1) is 6.60. The fourth-order valence-corrected chi connectivity index (χ4v) is 2.27. The molecule has 82 valence electrons. The first-order valence-electron chi connectivity index (χ1n) is 4.84. The smallest absolute Gasteiger partial charge is 0.220 e. The molecule has 0 aromatic rings. The number of hydrogen-bond donors (Lipinski definition) is 2. The van der Waals surface area contributed by atoms with E-state index in [2.05, 4.69) is 10.0 Å². The number of sulfonamides is 1. The molecule has 1 heterocycles. The SMILES string of the molecule is O=C1CCCCCNS(=O)(=O)CCN1. The second kappa shape index (κ2) is 5.31. The zero-order valence-corrected chi connectivity index (χ0v) is 8.90. The Morgan fingerprint density at radius 2 is 1.86 bits per heavy atom. The third-order valence-electron chi connectivity index (χ3n) is 2.10. The van der Waals surface area contributed by atoms with Gasteiger partial charge >= 0.3 is 0 Å². The van der Waals surface area contributed by atoms with Crippen molar-refractivity contribution in [1.82, 2.24) is 10.0 Å². The molecule has 5 nitrogen and oxygen atoms in total.